The number of anilines is 2. The summed E-state index contributed by atoms with van der Waals surface area (Å²) in [5.41, 5.74) is 8.04. The van der Waals surface area contributed by atoms with Crippen molar-refractivity contribution in [1.82, 2.24) is 4.98 Å². The maximum Gasteiger partial charge on any atom is 0.141 e. The van der Waals surface area contributed by atoms with Crippen molar-refractivity contribution in [1.29, 1.82) is 0 Å². The van der Waals surface area contributed by atoms with Crippen molar-refractivity contribution >= 4 is 11.4 Å². The monoisotopic (exact) mass is 217 g/mol. The Morgan fingerprint density at radius 2 is 1.88 bits per heavy atom. The molecule has 0 aliphatic rings. The van der Waals surface area contributed by atoms with E-state index >= 15 is 0 Å². The molecular formula is C12H12FN3. The number of halogens is 1. The maximum absolute atomic E-state index is 12.6. The lowest BCUT2D eigenvalue weighted by Gasteiger charge is -2.05. The predicted molar refractivity (Wildman–Crippen MR) is 62.4 cm³/mol. The van der Waals surface area contributed by atoms with E-state index in [2.05, 4.69) is 10.3 Å². The number of hydrogen-bond acceptors (Lipinski definition) is 3. The minimum Gasteiger partial charge on any atom is -0.399 e. The van der Waals surface area contributed by atoms with E-state index in [-0.39, 0.29) is 5.82 Å². The van der Waals surface area contributed by atoms with Crippen molar-refractivity contribution in [3.8, 4) is 0 Å². The highest BCUT2D eigenvalue weighted by Gasteiger charge is 1.96. The topological polar surface area (TPSA) is 50.9 Å². The van der Waals surface area contributed by atoms with Crippen molar-refractivity contribution in [2.45, 2.75) is 6.54 Å². The number of aromatic nitrogens is 1. The van der Waals surface area contributed by atoms with E-state index in [4.69, 9.17) is 5.73 Å². The number of nitrogens with zero attached hydrogens (tertiary/aromatic N) is 1. The van der Waals surface area contributed by atoms with Gasteiger partial charge in [-0.2, -0.15) is 0 Å². The molecule has 0 fully saturated rings. The van der Waals surface area contributed by atoms with Gasteiger partial charge in [0.15, 0.2) is 0 Å². The molecule has 0 amide bonds. The molecule has 0 saturated carbocycles. The predicted octanol–water partition coefficient (Wildman–Crippen LogP) is 2.42. The first-order valence-corrected chi connectivity index (χ1v) is 4.94. The molecule has 0 aliphatic heterocycles. The zero-order valence-electron chi connectivity index (χ0n) is 8.65. The molecule has 16 heavy (non-hydrogen) atoms. The number of rotatable bonds is 3. The molecule has 2 aromatic rings. The van der Waals surface area contributed by atoms with Crippen LogP contribution in [0.2, 0.25) is 0 Å². The first-order chi connectivity index (χ1) is 7.74. The molecule has 4 heteroatoms. The van der Waals surface area contributed by atoms with E-state index in [1.165, 1.54) is 12.3 Å². The smallest absolute Gasteiger partial charge is 0.141 e. The summed E-state index contributed by atoms with van der Waals surface area (Å²) in [7, 11) is 0. The molecular weight excluding hydrogens is 205 g/mol. The van der Waals surface area contributed by atoms with Crippen molar-refractivity contribution < 1.29 is 4.39 Å². The third-order valence-corrected chi connectivity index (χ3v) is 2.17. The summed E-state index contributed by atoms with van der Waals surface area (Å²) >= 11 is 0. The Bertz CT molecular complexity index is 405. The molecule has 0 bridgehead atoms. The van der Waals surface area contributed by atoms with Crippen LogP contribution in [0.1, 0.15) is 5.69 Å². The first-order valence-electron chi connectivity index (χ1n) is 4.94. The van der Waals surface area contributed by atoms with E-state index in [1.54, 1.807) is 6.07 Å². The van der Waals surface area contributed by atoms with Gasteiger partial charge in [0.2, 0.25) is 0 Å². The Balaban J connectivity index is 1.97. The van der Waals surface area contributed by atoms with Gasteiger partial charge >= 0.3 is 0 Å². The molecule has 1 aromatic carbocycles. The number of nitrogens with two attached hydrogens (primary N) is 1. The van der Waals surface area contributed by atoms with Crippen LogP contribution in [0.3, 0.4) is 0 Å². The second-order valence-electron chi connectivity index (χ2n) is 3.44. The largest absolute Gasteiger partial charge is 0.399 e. The fraction of sp³-hybridized carbons (Fsp3) is 0.0833. The number of pyridine rings is 1. The molecule has 0 spiro atoms. The number of hydrogen-bond donors (Lipinski definition) is 2. The van der Waals surface area contributed by atoms with E-state index in [9.17, 15) is 4.39 Å². The molecule has 1 aromatic heterocycles. The van der Waals surface area contributed by atoms with Gasteiger partial charge in [0.25, 0.3) is 0 Å². The van der Waals surface area contributed by atoms with Gasteiger partial charge in [-0.15, -0.1) is 0 Å². The molecule has 82 valence electrons. The van der Waals surface area contributed by atoms with Crippen LogP contribution in [0, 0.1) is 5.82 Å². The minimum atomic E-state index is -0.323. The SMILES string of the molecule is Nc1ccc(NCc2ccc(F)cn2)cc1. The molecule has 0 atom stereocenters. The summed E-state index contributed by atoms with van der Waals surface area (Å²) in [6.07, 6.45) is 1.21. The maximum atomic E-state index is 12.6. The van der Waals surface area contributed by atoms with Crippen LogP contribution < -0.4 is 11.1 Å². The van der Waals surface area contributed by atoms with Gasteiger partial charge in [-0.3, -0.25) is 4.98 Å². The van der Waals surface area contributed by atoms with Crippen molar-refractivity contribution in [3.05, 3.63) is 54.1 Å². The molecule has 3 N–H and O–H groups in total. The summed E-state index contributed by atoms with van der Waals surface area (Å²) in [5, 5.41) is 3.17. The van der Waals surface area contributed by atoms with Crippen molar-refractivity contribution in [3.63, 3.8) is 0 Å². The molecule has 0 aliphatic carbocycles. The third kappa shape index (κ3) is 2.70. The third-order valence-electron chi connectivity index (χ3n) is 2.17. The average molecular weight is 217 g/mol. The van der Waals surface area contributed by atoms with E-state index in [0.29, 0.717) is 6.54 Å². The first kappa shape index (κ1) is 10.4. The lowest BCUT2D eigenvalue weighted by atomic mass is 10.2. The van der Waals surface area contributed by atoms with Crippen molar-refractivity contribution in [2.75, 3.05) is 11.1 Å². The van der Waals surface area contributed by atoms with Gasteiger partial charge in [0.05, 0.1) is 18.4 Å². The van der Waals surface area contributed by atoms with Crippen LogP contribution in [0.5, 0.6) is 0 Å². The fourth-order valence-corrected chi connectivity index (χ4v) is 1.30. The summed E-state index contributed by atoms with van der Waals surface area (Å²) in [5.74, 6) is -0.323. The molecule has 2 rings (SSSR count). The Morgan fingerprint density at radius 3 is 2.50 bits per heavy atom. The Hall–Kier alpha value is -2.10. The average Bonchev–Trinajstić information content (AvgIpc) is 2.30. The Morgan fingerprint density at radius 1 is 1.12 bits per heavy atom. The Kier molecular flexibility index (Phi) is 3.00. The standard InChI is InChI=1S/C12H12FN3/c13-9-1-4-12(15-7-9)8-16-11-5-2-10(14)3-6-11/h1-7,16H,8,14H2. The van der Waals surface area contributed by atoms with Crippen LogP contribution in [0.15, 0.2) is 42.6 Å². The summed E-state index contributed by atoms with van der Waals surface area (Å²) in [6, 6.07) is 10.5. The van der Waals surface area contributed by atoms with E-state index < -0.39 is 0 Å². The lowest BCUT2D eigenvalue weighted by molar-refractivity contribution is 0.619. The van der Waals surface area contributed by atoms with Crippen LogP contribution in [0.25, 0.3) is 0 Å². The van der Waals surface area contributed by atoms with Gasteiger partial charge in [-0.25, -0.2) is 4.39 Å². The van der Waals surface area contributed by atoms with Crippen LogP contribution in [-0.4, -0.2) is 4.98 Å². The number of nitrogen functional groups attached to an aromatic ring is 1. The number of benzene rings is 1. The van der Waals surface area contributed by atoms with Crippen LogP contribution >= 0.6 is 0 Å². The second-order valence-corrected chi connectivity index (χ2v) is 3.44. The minimum absolute atomic E-state index is 0.323. The molecule has 0 radical (unpaired) electrons. The van der Waals surface area contributed by atoms with Gasteiger partial charge in [0, 0.05) is 11.4 Å². The van der Waals surface area contributed by atoms with Gasteiger partial charge in [-0.05, 0) is 36.4 Å². The highest BCUT2D eigenvalue weighted by Crippen LogP contribution is 2.11. The summed E-state index contributed by atoms with van der Waals surface area (Å²) < 4.78 is 12.6. The zero-order chi connectivity index (χ0) is 11.4. The van der Waals surface area contributed by atoms with Crippen LogP contribution in [0.4, 0.5) is 15.8 Å². The highest BCUT2D eigenvalue weighted by atomic mass is 19.1. The molecule has 1 heterocycles. The fourth-order valence-electron chi connectivity index (χ4n) is 1.30. The molecule has 3 nitrogen and oxygen atoms in total. The Labute approximate surface area is 93.1 Å². The molecule has 0 saturated heterocycles. The quantitative estimate of drug-likeness (QED) is 0.776. The summed E-state index contributed by atoms with van der Waals surface area (Å²) in [6.45, 7) is 0.560. The number of nitrogens with one attached hydrogen (secondary N) is 1. The zero-order valence-corrected chi connectivity index (χ0v) is 8.65. The van der Waals surface area contributed by atoms with Crippen LogP contribution in [-0.2, 0) is 6.54 Å². The lowest BCUT2D eigenvalue weighted by Crippen LogP contribution is -2.01. The highest BCUT2D eigenvalue weighted by molar-refractivity contribution is 5.51. The van der Waals surface area contributed by atoms with E-state index in [0.717, 1.165) is 17.1 Å². The van der Waals surface area contributed by atoms with Gasteiger partial charge < -0.3 is 11.1 Å². The van der Waals surface area contributed by atoms with E-state index in [1.807, 2.05) is 24.3 Å². The van der Waals surface area contributed by atoms with Crippen molar-refractivity contribution in [2.24, 2.45) is 0 Å². The van der Waals surface area contributed by atoms with Gasteiger partial charge in [-0.1, -0.05) is 0 Å². The normalized spacial score (nSPS) is 10.1. The van der Waals surface area contributed by atoms with Gasteiger partial charge in [0.1, 0.15) is 5.82 Å². The molecule has 0 unspecified atom stereocenters. The second kappa shape index (κ2) is 4.61. The summed E-state index contributed by atoms with van der Waals surface area (Å²) in [4.78, 5) is 3.95.